The maximum Gasteiger partial charge on any atom is 0.235 e. The Kier molecular flexibility index (Phi) is 5.47. The van der Waals surface area contributed by atoms with Gasteiger partial charge < -0.3 is 5.32 Å². The van der Waals surface area contributed by atoms with Crippen LogP contribution in [0, 0.1) is 0 Å². The summed E-state index contributed by atoms with van der Waals surface area (Å²) in [5, 5.41) is 3.03. The first-order valence-corrected chi connectivity index (χ1v) is 7.03. The molecule has 1 aromatic rings. The summed E-state index contributed by atoms with van der Waals surface area (Å²) >= 11 is 8.98. The zero-order valence-corrected chi connectivity index (χ0v) is 12.4. The van der Waals surface area contributed by atoms with Crippen molar-refractivity contribution in [3.05, 3.63) is 34.3 Å². The average Bonchev–Trinajstić information content (AvgIpc) is 2.37. The molecule has 4 heteroatoms. The van der Waals surface area contributed by atoms with Gasteiger partial charge in [0.15, 0.2) is 0 Å². The second-order valence-electron chi connectivity index (χ2n) is 3.98. The van der Waals surface area contributed by atoms with E-state index in [4.69, 9.17) is 11.6 Å². The normalized spacial score (nSPS) is 11.3. The molecule has 0 aliphatic heterocycles. The van der Waals surface area contributed by atoms with Crippen molar-refractivity contribution in [2.45, 2.75) is 32.2 Å². The van der Waals surface area contributed by atoms with Gasteiger partial charge in [-0.15, -0.1) is 11.6 Å². The molecule has 1 N–H and O–H groups in total. The van der Waals surface area contributed by atoms with Gasteiger partial charge in [-0.3, -0.25) is 4.79 Å². The van der Waals surface area contributed by atoms with Crippen LogP contribution in [0.15, 0.2) is 28.7 Å². The quantitative estimate of drug-likeness (QED) is 0.822. The fourth-order valence-electron chi connectivity index (χ4n) is 1.98. The van der Waals surface area contributed by atoms with E-state index in [1.165, 1.54) is 0 Å². The maximum atomic E-state index is 11.5. The van der Waals surface area contributed by atoms with Gasteiger partial charge in [-0.2, -0.15) is 0 Å². The molecule has 1 aromatic carbocycles. The molecule has 0 spiro atoms. The highest BCUT2D eigenvalue weighted by molar-refractivity contribution is 9.10. The number of alkyl halides is 1. The van der Waals surface area contributed by atoms with Gasteiger partial charge in [0.1, 0.15) is 5.88 Å². The summed E-state index contributed by atoms with van der Waals surface area (Å²) in [4.78, 5) is 11.5. The Morgan fingerprint density at radius 2 is 1.82 bits per heavy atom. The van der Waals surface area contributed by atoms with Crippen molar-refractivity contribution in [3.63, 3.8) is 0 Å². The van der Waals surface area contributed by atoms with Gasteiger partial charge in [0.05, 0.1) is 5.54 Å². The van der Waals surface area contributed by atoms with Crippen molar-refractivity contribution in [3.8, 4) is 0 Å². The minimum Gasteiger partial charge on any atom is -0.346 e. The monoisotopic (exact) mass is 317 g/mol. The van der Waals surface area contributed by atoms with Gasteiger partial charge >= 0.3 is 0 Å². The number of halogens is 2. The molecule has 0 aliphatic carbocycles. The molecule has 0 aromatic heterocycles. The second kappa shape index (κ2) is 6.41. The minimum atomic E-state index is -0.313. The van der Waals surface area contributed by atoms with Crippen molar-refractivity contribution in [1.82, 2.24) is 5.32 Å². The largest absolute Gasteiger partial charge is 0.346 e. The third-order valence-corrected chi connectivity index (χ3v) is 3.88. The van der Waals surface area contributed by atoms with Crippen LogP contribution in [0.2, 0.25) is 0 Å². The van der Waals surface area contributed by atoms with Gasteiger partial charge in [-0.25, -0.2) is 0 Å². The van der Waals surface area contributed by atoms with Gasteiger partial charge in [0, 0.05) is 4.47 Å². The minimum absolute atomic E-state index is 0.00171. The maximum absolute atomic E-state index is 11.5. The third-order valence-electron chi connectivity index (χ3n) is 3.10. The van der Waals surface area contributed by atoms with E-state index in [1.807, 2.05) is 24.3 Å². The fraction of sp³-hybridized carbons (Fsp3) is 0.462. The predicted molar refractivity (Wildman–Crippen MR) is 75.3 cm³/mol. The van der Waals surface area contributed by atoms with Gasteiger partial charge in [-0.1, -0.05) is 41.9 Å². The van der Waals surface area contributed by atoms with Crippen LogP contribution in [0.4, 0.5) is 0 Å². The van der Waals surface area contributed by atoms with Crippen LogP contribution in [0.3, 0.4) is 0 Å². The summed E-state index contributed by atoms with van der Waals surface area (Å²) in [6.07, 6.45) is 1.68. The third kappa shape index (κ3) is 3.46. The molecule has 0 atom stereocenters. The lowest BCUT2D eigenvalue weighted by molar-refractivity contribution is -0.120. The predicted octanol–water partition coefficient (Wildman–Crippen LogP) is 3.82. The summed E-state index contributed by atoms with van der Waals surface area (Å²) in [6.45, 7) is 4.14. The zero-order valence-electron chi connectivity index (χ0n) is 10.1. The second-order valence-corrected chi connectivity index (χ2v) is 5.16. The average molecular weight is 319 g/mol. The van der Waals surface area contributed by atoms with Crippen molar-refractivity contribution >= 4 is 33.4 Å². The molecule has 0 saturated carbocycles. The fourth-order valence-corrected chi connectivity index (χ4v) is 2.31. The number of hydrogen-bond donors (Lipinski definition) is 1. The molecular formula is C13H17BrClNO. The highest BCUT2D eigenvalue weighted by Gasteiger charge is 2.29. The van der Waals surface area contributed by atoms with Gasteiger partial charge in [-0.05, 0) is 30.5 Å². The standard InChI is InChI=1S/C13H17BrClNO/c1-3-13(4-2,16-12(17)9-15)10-5-7-11(14)8-6-10/h5-8H,3-4,9H2,1-2H3,(H,16,17). The van der Waals surface area contributed by atoms with Crippen LogP contribution in [0.25, 0.3) is 0 Å². The van der Waals surface area contributed by atoms with Crippen LogP contribution in [0.5, 0.6) is 0 Å². The Balaban J connectivity index is 3.05. The van der Waals surface area contributed by atoms with E-state index >= 15 is 0 Å². The molecule has 1 rings (SSSR count). The Bertz CT molecular complexity index is 374. The van der Waals surface area contributed by atoms with E-state index in [9.17, 15) is 4.79 Å². The van der Waals surface area contributed by atoms with E-state index in [-0.39, 0.29) is 17.3 Å². The van der Waals surface area contributed by atoms with Crippen molar-refractivity contribution in [2.24, 2.45) is 0 Å². The molecule has 0 bridgehead atoms. The smallest absolute Gasteiger partial charge is 0.235 e. The Hall–Kier alpha value is -0.540. The first-order chi connectivity index (χ1) is 8.07. The SMILES string of the molecule is CCC(CC)(NC(=O)CCl)c1ccc(Br)cc1. The number of hydrogen-bond acceptors (Lipinski definition) is 1. The van der Waals surface area contributed by atoms with Crippen LogP contribution >= 0.6 is 27.5 Å². The van der Waals surface area contributed by atoms with E-state index in [1.54, 1.807) is 0 Å². The van der Waals surface area contributed by atoms with Crippen LogP contribution in [-0.4, -0.2) is 11.8 Å². The van der Waals surface area contributed by atoms with E-state index in [0.29, 0.717) is 0 Å². The molecule has 1 amide bonds. The highest BCUT2D eigenvalue weighted by atomic mass is 79.9. The van der Waals surface area contributed by atoms with Crippen LogP contribution in [-0.2, 0) is 10.3 Å². The first kappa shape index (κ1) is 14.5. The van der Waals surface area contributed by atoms with Crippen molar-refractivity contribution < 1.29 is 4.79 Å². The Morgan fingerprint density at radius 1 is 1.29 bits per heavy atom. The summed E-state index contributed by atoms with van der Waals surface area (Å²) in [5.74, 6) is -0.128. The number of amides is 1. The lowest BCUT2D eigenvalue weighted by Crippen LogP contribution is -2.45. The first-order valence-electron chi connectivity index (χ1n) is 5.71. The van der Waals surface area contributed by atoms with Crippen LogP contribution in [0.1, 0.15) is 32.3 Å². The number of benzene rings is 1. The molecule has 0 saturated heterocycles. The molecule has 0 unspecified atom stereocenters. The van der Waals surface area contributed by atoms with E-state index < -0.39 is 0 Å². The molecule has 0 radical (unpaired) electrons. The topological polar surface area (TPSA) is 29.1 Å². The summed E-state index contributed by atoms with van der Waals surface area (Å²) in [5.41, 5.74) is 0.802. The molecule has 2 nitrogen and oxygen atoms in total. The molecule has 0 fully saturated rings. The molecule has 17 heavy (non-hydrogen) atoms. The zero-order chi connectivity index (χ0) is 12.9. The number of carbonyl (C=O) groups excluding carboxylic acids is 1. The van der Waals surface area contributed by atoms with Crippen molar-refractivity contribution in [2.75, 3.05) is 5.88 Å². The highest BCUT2D eigenvalue weighted by Crippen LogP contribution is 2.29. The summed E-state index contributed by atoms with van der Waals surface area (Å²) in [7, 11) is 0. The van der Waals surface area contributed by atoms with Gasteiger partial charge in [0.2, 0.25) is 5.91 Å². The lowest BCUT2D eigenvalue weighted by atomic mass is 9.84. The Morgan fingerprint density at radius 3 is 2.24 bits per heavy atom. The summed E-state index contributed by atoms with van der Waals surface area (Å²) < 4.78 is 1.03. The summed E-state index contributed by atoms with van der Waals surface area (Å²) in [6, 6.07) is 8.04. The van der Waals surface area contributed by atoms with E-state index in [0.717, 1.165) is 22.9 Å². The lowest BCUT2D eigenvalue weighted by Gasteiger charge is -2.33. The number of nitrogens with one attached hydrogen (secondary N) is 1. The number of rotatable bonds is 5. The van der Waals surface area contributed by atoms with Gasteiger partial charge in [0.25, 0.3) is 0 Å². The molecular weight excluding hydrogens is 302 g/mol. The Labute approximate surface area is 116 Å². The molecule has 94 valence electrons. The van der Waals surface area contributed by atoms with E-state index in [2.05, 4.69) is 35.1 Å². The molecule has 0 heterocycles. The number of carbonyl (C=O) groups is 1. The van der Waals surface area contributed by atoms with Crippen LogP contribution < -0.4 is 5.32 Å². The molecule has 0 aliphatic rings. The van der Waals surface area contributed by atoms with Crippen molar-refractivity contribution in [1.29, 1.82) is 0 Å².